The molecule has 0 aliphatic carbocycles. The number of carbonyl (C=O) groups is 1. The first kappa shape index (κ1) is 17.3. The average molecular weight is 334 g/mol. The Bertz CT molecular complexity index is 598. The van der Waals surface area contributed by atoms with Gasteiger partial charge in [-0.15, -0.1) is 0 Å². The van der Waals surface area contributed by atoms with E-state index in [0.717, 1.165) is 56.0 Å². The maximum absolute atomic E-state index is 12.8. The summed E-state index contributed by atoms with van der Waals surface area (Å²) in [5, 5.41) is 4.51. The van der Waals surface area contributed by atoms with E-state index in [1.165, 1.54) is 6.42 Å². The molecule has 0 N–H and O–H groups in total. The summed E-state index contributed by atoms with van der Waals surface area (Å²) in [6.07, 6.45) is 4.55. The highest BCUT2D eigenvalue weighted by Crippen LogP contribution is 2.38. The Morgan fingerprint density at radius 3 is 2.75 bits per heavy atom. The molecule has 2 fully saturated rings. The van der Waals surface area contributed by atoms with Gasteiger partial charge >= 0.3 is 0 Å². The molecule has 3 rings (SSSR count). The molecule has 24 heavy (non-hydrogen) atoms. The molecule has 1 aromatic heterocycles. The molecule has 134 valence electrons. The topological polar surface area (TPSA) is 50.6 Å². The number of nitrogens with zero attached hydrogens (tertiary/aromatic N) is 4. The molecular weight excluding hydrogens is 304 g/mol. The number of rotatable bonds is 4. The number of likely N-dealkylation sites (tertiary alicyclic amines) is 2. The van der Waals surface area contributed by atoms with E-state index in [1.54, 1.807) is 11.8 Å². The Hall–Kier alpha value is -1.56. The second-order valence-corrected chi connectivity index (χ2v) is 7.35. The summed E-state index contributed by atoms with van der Waals surface area (Å²) >= 11 is 0. The van der Waals surface area contributed by atoms with Crippen LogP contribution in [0.2, 0.25) is 0 Å². The number of aryl methyl sites for hydroxylation is 2. The highest BCUT2D eigenvalue weighted by Gasteiger charge is 2.34. The molecule has 0 spiro atoms. The van der Waals surface area contributed by atoms with Crippen molar-refractivity contribution in [1.82, 2.24) is 19.6 Å². The van der Waals surface area contributed by atoms with Crippen LogP contribution in [0.5, 0.6) is 5.88 Å². The lowest BCUT2D eigenvalue weighted by Crippen LogP contribution is -2.44. The number of amides is 1. The van der Waals surface area contributed by atoms with Crippen molar-refractivity contribution in [3.8, 4) is 5.88 Å². The normalized spacial score (nSPS) is 25.2. The van der Waals surface area contributed by atoms with Crippen LogP contribution in [0.15, 0.2) is 0 Å². The van der Waals surface area contributed by atoms with E-state index in [1.807, 2.05) is 14.0 Å². The van der Waals surface area contributed by atoms with Crippen molar-refractivity contribution in [3.63, 3.8) is 0 Å². The van der Waals surface area contributed by atoms with Gasteiger partial charge in [-0.2, -0.15) is 5.10 Å². The minimum atomic E-state index is 0.236. The Morgan fingerprint density at radius 2 is 2.04 bits per heavy atom. The van der Waals surface area contributed by atoms with Crippen LogP contribution in [0.4, 0.5) is 0 Å². The fourth-order valence-corrected chi connectivity index (χ4v) is 4.31. The molecule has 0 saturated carbocycles. The fourth-order valence-electron chi connectivity index (χ4n) is 4.31. The third-order valence-electron chi connectivity index (χ3n) is 5.45. The van der Waals surface area contributed by atoms with Crippen molar-refractivity contribution in [3.05, 3.63) is 11.3 Å². The monoisotopic (exact) mass is 334 g/mol. The van der Waals surface area contributed by atoms with Crippen LogP contribution >= 0.6 is 0 Å². The van der Waals surface area contributed by atoms with Crippen molar-refractivity contribution < 1.29 is 9.53 Å². The standard InChI is InChI=1S/C18H30N4O2/c1-13-7-5-10-22(11-13)16(23)12-21-9-6-8-15(21)17-14(2)19-20(3)18(17)24-4/h13,15H,5-12H2,1-4H3/t13-,15+/m0/s1. The van der Waals surface area contributed by atoms with Crippen LogP contribution in [0.1, 0.15) is 49.9 Å². The van der Waals surface area contributed by atoms with Crippen molar-refractivity contribution >= 4 is 5.91 Å². The van der Waals surface area contributed by atoms with Crippen LogP contribution in [-0.4, -0.2) is 58.8 Å². The highest BCUT2D eigenvalue weighted by atomic mass is 16.5. The summed E-state index contributed by atoms with van der Waals surface area (Å²) in [6, 6.07) is 0.236. The first-order chi connectivity index (χ1) is 11.5. The number of hydrogen-bond acceptors (Lipinski definition) is 4. The van der Waals surface area contributed by atoms with Gasteiger partial charge in [-0.1, -0.05) is 6.92 Å². The summed E-state index contributed by atoms with van der Waals surface area (Å²) < 4.78 is 7.37. The number of aromatic nitrogens is 2. The third kappa shape index (κ3) is 3.29. The second-order valence-electron chi connectivity index (χ2n) is 7.35. The lowest BCUT2D eigenvalue weighted by atomic mass is 10.0. The molecule has 2 aliphatic heterocycles. The molecule has 2 saturated heterocycles. The molecule has 6 heteroatoms. The fraction of sp³-hybridized carbons (Fsp3) is 0.778. The predicted octanol–water partition coefficient (Wildman–Crippen LogP) is 2.13. The van der Waals surface area contributed by atoms with Crippen molar-refractivity contribution in [2.24, 2.45) is 13.0 Å². The Balaban J connectivity index is 1.73. The molecule has 2 atom stereocenters. The van der Waals surface area contributed by atoms with Gasteiger partial charge in [0.1, 0.15) is 0 Å². The van der Waals surface area contributed by atoms with Crippen LogP contribution in [0.3, 0.4) is 0 Å². The average Bonchev–Trinajstić information content (AvgIpc) is 3.10. The minimum absolute atomic E-state index is 0.236. The Morgan fingerprint density at radius 1 is 1.29 bits per heavy atom. The van der Waals surface area contributed by atoms with Crippen LogP contribution in [-0.2, 0) is 11.8 Å². The van der Waals surface area contributed by atoms with Crippen LogP contribution in [0.25, 0.3) is 0 Å². The minimum Gasteiger partial charge on any atom is -0.481 e. The van der Waals surface area contributed by atoms with Gasteiger partial charge in [0.25, 0.3) is 0 Å². The molecule has 0 aromatic carbocycles. The van der Waals surface area contributed by atoms with E-state index in [2.05, 4.69) is 21.8 Å². The van der Waals surface area contributed by atoms with Gasteiger partial charge in [0.2, 0.25) is 11.8 Å². The second kappa shape index (κ2) is 7.13. The lowest BCUT2D eigenvalue weighted by molar-refractivity contribution is -0.134. The van der Waals surface area contributed by atoms with Gasteiger partial charge in [-0.25, -0.2) is 4.68 Å². The summed E-state index contributed by atoms with van der Waals surface area (Å²) in [4.78, 5) is 17.1. The predicted molar refractivity (Wildman–Crippen MR) is 93.0 cm³/mol. The van der Waals surface area contributed by atoms with Gasteiger partial charge in [-0.3, -0.25) is 9.69 Å². The molecule has 1 amide bonds. The van der Waals surface area contributed by atoms with Gasteiger partial charge < -0.3 is 9.64 Å². The maximum Gasteiger partial charge on any atom is 0.236 e. The maximum atomic E-state index is 12.8. The quantitative estimate of drug-likeness (QED) is 0.846. The van der Waals surface area contributed by atoms with E-state index in [-0.39, 0.29) is 11.9 Å². The molecular formula is C18H30N4O2. The van der Waals surface area contributed by atoms with Crippen molar-refractivity contribution in [2.75, 3.05) is 33.3 Å². The first-order valence-electron chi connectivity index (χ1n) is 9.10. The molecule has 0 radical (unpaired) electrons. The van der Waals surface area contributed by atoms with Gasteiger partial charge in [-0.05, 0) is 45.1 Å². The number of hydrogen-bond donors (Lipinski definition) is 0. The molecule has 0 unspecified atom stereocenters. The van der Waals surface area contributed by atoms with Crippen molar-refractivity contribution in [1.29, 1.82) is 0 Å². The number of piperidine rings is 1. The van der Waals surface area contributed by atoms with E-state index < -0.39 is 0 Å². The summed E-state index contributed by atoms with van der Waals surface area (Å²) in [6.45, 7) is 7.57. The zero-order valence-electron chi connectivity index (χ0n) is 15.4. The smallest absolute Gasteiger partial charge is 0.236 e. The SMILES string of the molecule is COc1c([C@H]2CCCN2CC(=O)N2CCC[C@H](C)C2)c(C)nn1C. The molecule has 1 aromatic rings. The zero-order valence-corrected chi connectivity index (χ0v) is 15.4. The number of carbonyl (C=O) groups excluding carboxylic acids is 1. The molecule has 6 nitrogen and oxygen atoms in total. The van der Waals surface area contributed by atoms with Crippen molar-refractivity contribution in [2.45, 2.75) is 45.6 Å². The van der Waals surface area contributed by atoms with E-state index >= 15 is 0 Å². The summed E-state index contributed by atoms with van der Waals surface area (Å²) in [5.41, 5.74) is 2.16. The third-order valence-corrected chi connectivity index (χ3v) is 5.45. The lowest BCUT2D eigenvalue weighted by Gasteiger charge is -2.33. The van der Waals surface area contributed by atoms with Crippen LogP contribution < -0.4 is 4.74 Å². The molecule has 3 heterocycles. The number of methoxy groups -OCH3 is 1. The van der Waals surface area contributed by atoms with Gasteiger partial charge in [0.15, 0.2) is 0 Å². The zero-order chi connectivity index (χ0) is 17.3. The highest BCUT2D eigenvalue weighted by molar-refractivity contribution is 5.78. The summed E-state index contributed by atoms with van der Waals surface area (Å²) in [5.74, 6) is 1.72. The molecule has 0 bridgehead atoms. The largest absolute Gasteiger partial charge is 0.481 e. The van der Waals surface area contributed by atoms with Crippen LogP contribution in [0, 0.1) is 12.8 Å². The van der Waals surface area contributed by atoms with Gasteiger partial charge in [0, 0.05) is 26.2 Å². The molecule has 2 aliphatic rings. The first-order valence-corrected chi connectivity index (χ1v) is 9.10. The Labute approximate surface area is 144 Å². The van der Waals surface area contributed by atoms with Gasteiger partial charge in [0.05, 0.1) is 24.9 Å². The summed E-state index contributed by atoms with van der Waals surface area (Å²) in [7, 11) is 3.61. The Kier molecular flexibility index (Phi) is 5.13. The van der Waals surface area contributed by atoms with E-state index in [9.17, 15) is 4.79 Å². The van der Waals surface area contributed by atoms with E-state index in [0.29, 0.717) is 12.5 Å². The van der Waals surface area contributed by atoms with E-state index in [4.69, 9.17) is 4.74 Å². The number of ether oxygens (including phenoxy) is 1.